The summed E-state index contributed by atoms with van der Waals surface area (Å²) in [5.74, 6) is -0.434. The monoisotopic (exact) mass is 539 g/mol. The average Bonchev–Trinajstić information content (AvgIpc) is 3.44. The fraction of sp³-hybridized carbons (Fsp3) is 0.281. The number of anilines is 3. The third-order valence-electron chi connectivity index (χ3n) is 7.29. The van der Waals surface area contributed by atoms with Crippen molar-refractivity contribution >= 4 is 39.7 Å². The highest BCUT2D eigenvalue weighted by Gasteiger charge is 2.19. The number of nitrogens with one attached hydrogen (secondary N) is 1. The Hall–Kier alpha value is -3.97. The summed E-state index contributed by atoms with van der Waals surface area (Å²) in [6, 6.07) is 22.8. The molecule has 1 heterocycles. The Kier molecular flexibility index (Phi) is 8.07. The number of hydrogen-bond donors (Lipinski definition) is 2. The average molecular weight is 540 g/mol. The summed E-state index contributed by atoms with van der Waals surface area (Å²) >= 11 is 1.54. The molecule has 0 unspecified atom stereocenters. The lowest BCUT2D eigenvalue weighted by atomic mass is 9.84. The molecule has 1 aliphatic rings. The van der Waals surface area contributed by atoms with Gasteiger partial charge >= 0.3 is 5.97 Å². The Morgan fingerprint density at radius 3 is 2.15 bits per heavy atom. The van der Waals surface area contributed by atoms with Crippen LogP contribution in [0.3, 0.4) is 0 Å². The van der Waals surface area contributed by atoms with Crippen LogP contribution in [-0.4, -0.2) is 28.0 Å². The van der Waals surface area contributed by atoms with Gasteiger partial charge in [-0.25, -0.2) is 9.78 Å². The summed E-state index contributed by atoms with van der Waals surface area (Å²) in [6.45, 7) is 4.15. The minimum absolute atomic E-state index is 0.115. The van der Waals surface area contributed by atoms with Crippen LogP contribution in [-0.2, 0) is 0 Å². The molecule has 4 aromatic rings. The fourth-order valence-electron chi connectivity index (χ4n) is 5.17. The number of aromatic carboxylic acids is 1. The van der Waals surface area contributed by atoms with E-state index in [0.717, 1.165) is 27.8 Å². The fourth-order valence-corrected chi connectivity index (χ4v) is 6.16. The van der Waals surface area contributed by atoms with Gasteiger partial charge in [-0.1, -0.05) is 43.5 Å². The highest BCUT2D eigenvalue weighted by Crippen LogP contribution is 2.35. The smallest absolute Gasteiger partial charge is 0.335 e. The zero-order chi connectivity index (χ0) is 27.4. The van der Waals surface area contributed by atoms with Gasteiger partial charge in [0.1, 0.15) is 0 Å². The molecule has 6 nitrogen and oxygen atoms in total. The molecule has 1 aromatic heterocycles. The highest BCUT2D eigenvalue weighted by molar-refractivity contribution is 7.14. The summed E-state index contributed by atoms with van der Waals surface area (Å²) in [4.78, 5) is 31.0. The Bertz CT molecular complexity index is 1420. The van der Waals surface area contributed by atoms with Crippen molar-refractivity contribution in [1.82, 2.24) is 4.98 Å². The van der Waals surface area contributed by atoms with Crippen LogP contribution in [0.15, 0.2) is 78.2 Å². The molecule has 39 heavy (non-hydrogen) atoms. The van der Waals surface area contributed by atoms with Gasteiger partial charge in [-0.15, -0.1) is 11.3 Å². The predicted molar refractivity (Wildman–Crippen MR) is 158 cm³/mol. The maximum absolute atomic E-state index is 12.8. The van der Waals surface area contributed by atoms with Crippen LogP contribution in [0.1, 0.15) is 78.1 Å². The van der Waals surface area contributed by atoms with E-state index in [1.165, 1.54) is 49.0 Å². The van der Waals surface area contributed by atoms with Crippen molar-refractivity contribution in [3.63, 3.8) is 0 Å². The molecular weight excluding hydrogens is 506 g/mol. The van der Waals surface area contributed by atoms with E-state index in [9.17, 15) is 14.7 Å². The van der Waals surface area contributed by atoms with Crippen LogP contribution >= 0.6 is 11.3 Å². The largest absolute Gasteiger partial charge is 0.478 e. The van der Waals surface area contributed by atoms with Crippen molar-refractivity contribution in [1.29, 1.82) is 0 Å². The molecule has 0 spiro atoms. The Labute approximate surface area is 233 Å². The number of benzene rings is 3. The minimum atomic E-state index is -0.943. The molecule has 1 saturated carbocycles. The molecule has 5 rings (SSSR count). The number of nitrogens with zero attached hydrogens (tertiary/aromatic N) is 2. The summed E-state index contributed by atoms with van der Waals surface area (Å²) in [5, 5.41) is 15.0. The lowest BCUT2D eigenvalue weighted by molar-refractivity contribution is 0.0696. The number of amides is 1. The lowest BCUT2D eigenvalue weighted by Crippen LogP contribution is -2.25. The Morgan fingerprint density at radius 2 is 1.54 bits per heavy atom. The number of hydrogen-bond acceptors (Lipinski definition) is 5. The quantitative estimate of drug-likeness (QED) is 0.235. The van der Waals surface area contributed by atoms with E-state index in [1.807, 2.05) is 53.9 Å². The summed E-state index contributed by atoms with van der Waals surface area (Å²) in [6.07, 6.45) is 6.41. The van der Waals surface area contributed by atoms with Crippen molar-refractivity contribution in [2.24, 2.45) is 0 Å². The molecular formula is C32H33N3O3S. The predicted octanol–water partition coefficient (Wildman–Crippen LogP) is 8.35. The molecule has 7 heteroatoms. The van der Waals surface area contributed by atoms with Crippen molar-refractivity contribution < 1.29 is 14.7 Å². The molecule has 1 fully saturated rings. The molecule has 0 bridgehead atoms. The molecule has 2 N–H and O–H groups in total. The molecule has 0 aliphatic heterocycles. The number of carbonyl (C=O) groups excluding carboxylic acids is 1. The summed E-state index contributed by atoms with van der Waals surface area (Å²) < 4.78 is 0. The Balaban J connectivity index is 1.25. The zero-order valence-corrected chi connectivity index (χ0v) is 23.1. The highest BCUT2D eigenvalue weighted by atomic mass is 32.1. The van der Waals surface area contributed by atoms with Crippen LogP contribution in [0.4, 0.5) is 16.5 Å². The van der Waals surface area contributed by atoms with Gasteiger partial charge in [0.15, 0.2) is 5.13 Å². The molecule has 3 aromatic carbocycles. The third-order valence-corrected chi connectivity index (χ3v) is 8.13. The summed E-state index contributed by atoms with van der Waals surface area (Å²) in [7, 11) is 0. The molecule has 0 radical (unpaired) electrons. The van der Waals surface area contributed by atoms with E-state index in [1.54, 1.807) is 12.1 Å². The second kappa shape index (κ2) is 11.8. The first kappa shape index (κ1) is 26.6. The molecule has 1 amide bonds. The van der Waals surface area contributed by atoms with Crippen molar-refractivity contribution in [3.05, 3.63) is 94.9 Å². The van der Waals surface area contributed by atoms with Gasteiger partial charge in [0, 0.05) is 33.9 Å². The van der Waals surface area contributed by atoms with Gasteiger partial charge < -0.3 is 15.3 Å². The molecule has 200 valence electrons. The Morgan fingerprint density at radius 1 is 0.897 bits per heavy atom. The first-order valence-corrected chi connectivity index (χ1v) is 14.4. The maximum atomic E-state index is 12.8. The number of carbonyl (C=O) groups is 2. The number of carboxylic acids is 1. The van der Waals surface area contributed by atoms with Crippen LogP contribution in [0.2, 0.25) is 0 Å². The van der Waals surface area contributed by atoms with Gasteiger partial charge in [-0.3, -0.25) is 4.79 Å². The number of thiazole rings is 1. The van der Waals surface area contributed by atoms with E-state index in [2.05, 4.69) is 36.2 Å². The van der Waals surface area contributed by atoms with Crippen LogP contribution in [0.5, 0.6) is 0 Å². The van der Waals surface area contributed by atoms with E-state index in [-0.39, 0.29) is 17.5 Å². The van der Waals surface area contributed by atoms with Crippen LogP contribution in [0, 0.1) is 0 Å². The second-order valence-corrected chi connectivity index (χ2v) is 11.2. The van der Waals surface area contributed by atoms with Crippen molar-refractivity contribution in [3.8, 4) is 11.3 Å². The SMILES string of the molecule is CC(C)N(c1ccc(C(=O)O)cc1)c1nc(-c2ccc(NC(=O)c3ccc(C4CCCCC4)cc3)cc2)cs1. The van der Waals surface area contributed by atoms with Gasteiger partial charge in [0.25, 0.3) is 5.91 Å². The van der Waals surface area contributed by atoms with Gasteiger partial charge in [0.05, 0.1) is 11.3 Å². The van der Waals surface area contributed by atoms with Gasteiger partial charge in [-0.05, 0) is 86.7 Å². The molecule has 0 atom stereocenters. The normalized spacial score (nSPS) is 13.8. The third kappa shape index (κ3) is 6.20. The van der Waals surface area contributed by atoms with Gasteiger partial charge in [-0.2, -0.15) is 0 Å². The van der Waals surface area contributed by atoms with Crippen molar-refractivity contribution in [2.45, 2.75) is 57.9 Å². The first-order chi connectivity index (χ1) is 18.9. The molecule has 0 saturated heterocycles. The van der Waals surface area contributed by atoms with Gasteiger partial charge in [0.2, 0.25) is 0 Å². The topological polar surface area (TPSA) is 82.5 Å². The summed E-state index contributed by atoms with van der Waals surface area (Å²) in [5.41, 5.74) is 5.68. The standard InChI is InChI=1S/C32H33N3O3S/c1-21(2)35(28-18-14-26(15-19-28)31(37)38)32-34-29(20-39-32)24-12-16-27(17-13-24)33-30(36)25-10-8-23(9-11-25)22-6-4-3-5-7-22/h8-22H,3-7H2,1-2H3,(H,33,36)(H,37,38). The van der Waals surface area contributed by atoms with E-state index >= 15 is 0 Å². The number of rotatable bonds is 8. The lowest BCUT2D eigenvalue weighted by Gasteiger charge is -2.26. The first-order valence-electron chi connectivity index (χ1n) is 13.5. The number of carboxylic acid groups (broad SMARTS) is 1. The number of aromatic nitrogens is 1. The van der Waals surface area contributed by atoms with Crippen molar-refractivity contribution in [2.75, 3.05) is 10.2 Å². The molecule has 1 aliphatic carbocycles. The van der Waals surface area contributed by atoms with E-state index in [0.29, 0.717) is 11.5 Å². The maximum Gasteiger partial charge on any atom is 0.335 e. The van der Waals surface area contributed by atoms with E-state index in [4.69, 9.17) is 4.98 Å². The minimum Gasteiger partial charge on any atom is -0.478 e. The van der Waals surface area contributed by atoms with Crippen LogP contribution < -0.4 is 10.2 Å². The van der Waals surface area contributed by atoms with Crippen LogP contribution in [0.25, 0.3) is 11.3 Å². The zero-order valence-electron chi connectivity index (χ0n) is 22.3. The second-order valence-electron chi connectivity index (χ2n) is 10.3. The van der Waals surface area contributed by atoms with E-state index < -0.39 is 5.97 Å².